The quantitative estimate of drug-likeness (QED) is 0.293. The first-order valence-corrected chi connectivity index (χ1v) is 15.5. The van der Waals surface area contributed by atoms with Crippen LogP contribution in [0.15, 0.2) is 30.3 Å². The van der Waals surface area contributed by atoms with Crippen molar-refractivity contribution < 1.29 is 24.0 Å². The Morgan fingerprint density at radius 1 is 0.976 bits per heavy atom. The van der Waals surface area contributed by atoms with E-state index in [2.05, 4.69) is 21.3 Å². The highest BCUT2D eigenvalue weighted by molar-refractivity contribution is 7.98. The lowest BCUT2D eigenvalue weighted by Gasteiger charge is -2.32. The standard InChI is InChI=1S/C29H46N6O5S/c1-17(2)24(30)29(40)35-15-21(14-20-10-8-7-9-11-20)32-26(37)19(5)31-27(38)22(12-13-41-6)33-28(39)25(18(3)4)34-23(36)16-35/h7-11,17-19,21-22,24-25H,12-16,30H2,1-6H3,(H,31,38)(H,32,37)(H,33,39)(H,34,36)/t19-,21+,22-,24+,25-/m0/s1. The number of hydrogen-bond acceptors (Lipinski definition) is 7. The average Bonchev–Trinajstić information content (AvgIpc) is 2.92. The third-order valence-corrected chi connectivity index (χ3v) is 7.67. The Morgan fingerprint density at radius 2 is 1.63 bits per heavy atom. The van der Waals surface area contributed by atoms with Gasteiger partial charge in [-0.25, -0.2) is 0 Å². The number of hydrogen-bond donors (Lipinski definition) is 5. The number of carbonyl (C=O) groups is 5. The molecule has 2 rings (SSSR count). The second-order valence-corrected chi connectivity index (χ2v) is 12.2. The second kappa shape index (κ2) is 16.4. The van der Waals surface area contributed by atoms with Gasteiger partial charge < -0.3 is 31.9 Å². The summed E-state index contributed by atoms with van der Waals surface area (Å²) in [6.07, 6.45) is 2.61. The Morgan fingerprint density at radius 3 is 2.22 bits per heavy atom. The highest BCUT2D eigenvalue weighted by Crippen LogP contribution is 2.11. The lowest BCUT2D eigenvalue weighted by Crippen LogP contribution is -2.58. The van der Waals surface area contributed by atoms with E-state index in [9.17, 15) is 24.0 Å². The molecule has 1 saturated heterocycles. The maximum atomic E-state index is 13.5. The Bertz CT molecular complexity index is 1050. The van der Waals surface area contributed by atoms with Crippen LogP contribution >= 0.6 is 11.8 Å². The van der Waals surface area contributed by atoms with E-state index in [1.165, 1.54) is 16.7 Å². The van der Waals surface area contributed by atoms with Crippen molar-refractivity contribution in [2.24, 2.45) is 17.6 Å². The van der Waals surface area contributed by atoms with E-state index in [-0.39, 0.29) is 24.9 Å². The topological polar surface area (TPSA) is 163 Å². The van der Waals surface area contributed by atoms with Crippen molar-refractivity contribution in [3.8, 4) is 0 Å². The van der Waals surface area contributed by atoms with Crippen LogP contribution in [0.2, 0.25) is 0 Å². The van der Waals surface area contributed by atoms with Crippen molar-refractivity contribution >= 4 is 41.3 Å². The van der Waals surface area contributed by atoms with Crippen molar-refractivity contribution in [3.63, 3.8) is 0 Å². The first-order valence-electron chi connectivity index (χ1n) is 14.1. The molecule has 1 heterocycles. The molecule has 12 heteroatoms. The van der Waals surface area contributed by atoms with Crippen LogP contribution in [0, 0.1) is 11.8 Å². The van der Waals surface area contributed by atoms with Crippen molar-refractivity contribution in [2.75, 3.05) is 25.1 Å². The Balaban J connectivity index is 2.51. The fraction of sp³-hybridized carbons (Fsp3) is 0.621. The number of benzene rings is 1. The molecule has 0 unspecified atom stereocenters. The normalized spacial score (nSPS) is 24.1. The van der Waals surface area contributed by atoms with Gasteiger partial charge >= 0.3 is 0 Å². The SMILES string of the molecule is CSCC[C@@H]1NC(=O)[C@H](C(C)C)NC(=O)CN(C(=O)[C@H](N)C(C)C)C[C@@H](Cc2ccccc2)NC(=O)[C@H](C)NC1=O. The van der Waals surface area contributed by atoms with Crippen molar-refractivity contribution in [2.45, 2.75) is 77.7 Å². The molecule has 0 saturated carbocycles. The van der Waals surface area contributed by atoms with Crippen LogP contribution < -0.4 is 27.0 Å². The van der Waals surface area contributed by atoms with Gasteiger partial charge in [0.1, 0.15) is 18.1 Å². The van der Waals surface area contributed by atoms with Crippen molar-refractivity contribution in [3.05, 3.63) is 35.9 Å². The van der Waals surface area contributed by atoms with Gasteiger partial charge in [-0.3, -0.25) is 24.0 Å². The largest absolute Gasteiger partial charge is 0.349 e. The summed E-state index contributed by atoms with van der Waals surface area (Å²) in [5.74, 6) is -2.31. The molecular weight excluding hydrogens is 544 g/mol. The fourth-order valence-electron chi connectivity index (χ4n) is 4.45. The summed E-state index contributed by atoms with van der Waals surface area (Å²) >= 11 is 1.53. The Kier molecular flexibility index (Phi) is 13.6. The minimum atomic E-state index is -0.940. The van der Waals surface area contributed by atoms with E-state index in [1.807, 2.05) is 50.4 Å². The number of nitrogens with two attached hydrogens (primary N) is 1. The zero-order valence-corrected chi connectivity index (χ0v) is 25.8. The maximum absolute atomic E-state index is 13.5. The predicted molar refractivity (Wildman–Crippen MR) is 161 cm³/mol. The zero-order chi connectivity index (χ0) is 30.7. The van der Waals surface area contributed by atoms with Crippen molar-refractivity contribution in [1.29, 1.82) is 0 Å². The molecule has 1 aromatic rings. The molecule has 1 aromatic carbocycles. The molecule has 0 spiro atoms. The molecule has 0 aromatic heterocycles. The lowest BCUT2D eigenvalue weighted by molar-refractivity contribution is -0.139. The molecule has 0 radical (unpaired) electrons. The highest BCUT2D eigenvalue weighted by atomic mass is 32.2. The molecule has 41 heavy (non-hydrogen) atoms. The highest BCUT2D eigenvalue weighted by Gasteiger charge is 2.33. The maximum Gasteiger partial charge on any atom is 0.243 e. The summed E-state index contributed by atoms with van der Waals surface area (Å²) in [5.41, 5.74) is 7.13. The van der Waals surface area contributed by atoms with Gasteiger partial charge in [-0.15, -0.1) is 0 Å². The van der Waals surface area contributed by atoms with Gasteiger partial charge in [-0.1, -0.05) is 58.0 Å². The molecule has 6 N–H and O–H groups in total. The van der Waals surface area contributed by atoms with E-state index in [4.69, 9.17) is 5.73 Å². The molecule has 5 atom stereocenters. The minimum Gasteiger partial charge on any atom is -0.349 e. The third kappa shape index (κ3) is 10.7. The van der Waals surface area contributed by atoms with Gasteiger partial charge in [0.05, 0.1) is 18.6 Å². The Labute approximate surface area is 247 Å². The van der Waals surface area contributed by atoms with Gasteiger partial charge in [0.25, 0.3) is 0 Å². The second-order valence-electron chi connectivity index (χ2n) is 11.2. The fourth-order valence-corrected chi connectivity index (χ4v) is 4.92. The summed E-state index contributed by atoms with van der Waals surface area (Å²) in [7, 11) is 0. The monoisotopic (exact) mass is 590 g/mol. The van der Waals surface area contributed by atoms with Crippen LogP contribution in [0.3, 0.4) is 0 Å². The van der Waals surface area contributed by atoms with E-state index < -0.39 is 59.7 Å². The lowest BCUT2D eigenvalue weighted by atomic mass is 10.0. The molecule has 5 amide bonds. The summed E-state index contributed by atoms with van der Waals surface area (Å²) < 4.78 is 0. The number of amides is 5. The molecule has 0 aliphatic carbocycles. The summed E-state index contributed by atoms with van der Waals surface area (Å²) in [6.45, 7) is 8.43. The minimum absolute atomic E-state index is 0.00284. The van der Waals surface area contributed by atoms with Crippen LogP contribution in [0.1, 0.15) is 46.6 Å². The zero-order valence-electron chi connectivity index (χ0n) is 24.9. The number of carbonyl (C=O) groups excluding carboxylic acids is 5. The number of rotatable bonds is 8. The average molecular weight is 591 g/mol. The number of nitrogens with one attached hydrogen (secondary N) is 4. The van der Waals surface area contributed by atoms with Gasteiger partial charge in [0.15, 0.2) is 0 Å². The summed E-state index contributed by atoms with van der Waals surface area (Å²) in [4.78, 5) is 67.8. The van der Waals surface area contributed by atoms with Crippen LogP contribution in [0.25, 0.3) is 0 Å². The van der Waals surface area contributed by atoms with Crippen LogP contribution in [0.5, 0.6) is 0 Å². The number of nitrogens with zero attached hydrogens (tertiary/aromatic N) is 1. The van der Waals surface area contributed by atoms with E-state index in [0.717, 1.165) is 5.56 Å². The van der Waals surface area contributed by atoms with Gasteiger partial charge in [-0.2, -0.15) is 11.8 Å². The van der Waals surface area contributed by atoms with E-state index in [0.29, 0.717) is 18.6 Å². The molecule has 228 valence electrons. The molecule has 0 bridgehead atoms. The van der Waals surface area contributed by atoms with Gasteiger partial charge in [-0.05, 0) is 49.2 Å². The number of thioether (sulfide) groups is 1. The van der Waals surface area contributed by atoms with Crippen LogP contribution in [-0.4, -0.2) is 89.7 Å². The molecular formula is C29H46N6O5S. The van der Waals surface area contributed by atoms with E-state index >= 15 is 0 Å². The Hall–Kier alpha value is -3.12. The van der Waals surface area contributed by atoms with Gasteiger partial charge in [0, 0.05) is 6.54 Å². The third-order valence-electron chi connectivity index (χ3n) is 7.02. The smallest absolute Gasteiger partial charge is 0.243 e. The summed E-state index contributed by atoms with van der Waals surface area (Å²) in [5, 5.41) is 11.2. The van der Waals surface area contributed by atoms with Crippen LogP contribution in [-0.2, 0) is 30.4 Å². The predicted octanol–water partition coefficient (Wildman–Crippen LogP) is 0.423. The van der Waals surface area contributed by atoms with Crippen molar-refractivity contribution in [1.82, 2.24) is 26.2 Å². The van der Waals surface area contributed by atoms with Crippen LogP contribution in [0.4, 0.5) is 0 Å². The first kappa shape index (κ1) is 34.1. The molecule has 1 aliphatic heterocycles. The van der Waals surface area contributed by atoms with Gasteiger partial charge in [0.2, 0.25) is 29.5 Å². The molecule has 1 aliphatic rings. The molecule has 11 nitrogen and oxygen atoms in total. The summed E-state index contributed by atoms with van der Waals surface area (Å²) in [6, 6.07) is 5.26. The first-order chi connectivity index (χ1) is 19.3. The van der Waals surface area contributed by atoms with E-state index in [1.54, 1.807) is 20.8 Å². The molecule has 1 fully saturated rings.